The van der Waals surface area contributed by atoms with E-state index in [9.17, 15) is 19.7 Å². The molecule has 0 saturated carbocycles. The lowest BCUT2D eigenvalue weighted by atomic mass is 10.1. The molecule has 1 aromatic carbocycles. The highest BCUT2D eigenvalue weighted by Gasteiger charge is 2.31. The summed E-state index contributed by atoms with van der Waals surface area (Å²) in [5, 5.41) is 11.4. The highest BCUT2D eigenvalue weighted by Crippen LogP contribution is 2.35. The Morgan fingerprint density at radius 2 is 1.62 bits per heavy atom. The number of piperazine rings is 1. The number of carbonyl (C=O) groups is 2. The van der Waals surface area contributed by atoms with Crippen molar-refractivity contribution in [3.63, 3.8) is 0 Å². The Labute approximate surface area is 150 Å². The van der Waals surface area contributed by atoms with Crippen LogP contribution < -0.4 is 9.47 Å². The third-order valence-corrected chi connectivity index (χ3v) is 4.02. The van der Waals surface area contributed by atoms with Gasteiger partial charge in [-0.3, -0.25) is 14.9 Å². The predicted molar refractivity (Wildman–Crippen MR) is 90.7 cm³/mol. The smallest absolute Gasteiger partial charge is 0.409 e. The van der Waals surface area contributed by atoms with Crippen molar-refractivity contribution in [1.29, 1.82) is 0 Å². The number of rotatable bonds is 5. The minimum absolute atomic E-state index is 0.0859. The van der Waals surface area contributed by atoms with Crippen molar-refractivity contribution in [2.24, 2.45) is 0 Å². The number of nitro groups is 1. The van der Waals surface area contributed by atoms with Crippen molar-refractivity contribution >= 4 is 17.7 Å². The van der Waals surface area contributed by atoms with Crippen LogP contribution in [0.25, 0.3) is 0 Å². The molecule has 1 fully saturated rings. The summed E-state index contributed by atoms with van der Waals surface area (Å²) in [7, 11) is 2.74. The molecule has 0 aliphatic carbocycles. The molecule has 1 heterocycles. The van der Waals surface area contributed by atoms with E-state index in [2.05, 4.69) is 0 Å². The van der Waals surface area contributed by atoms with Gasteiger partial charge in [-0.1, -0.05) is 0 Å². The van der Waals surface area contributed by atoms with Crippen molar-refractivity contribution in [1.82, 2.24) is 9.80 Å². The molecule has 10 heteroatoms. The number of amides is 2. The molecule has 0 bridgehead atoms. The second kappa shape index (κ2) is 8.37. The van der Waals surface area contributed by atoms with Gasteiger partial charge in [-0.05, 0) is 6.92 Å². The molecule has 2 rings (SSSR count). The number of nitro benzene ring substituents is 1. The molecule has 1 aromatic rings. The average molecular weight is 367 g/mol. The molecule has 0 spiro atoms. The zero-order valence-electron chi connectivity index (χ0n) is 14.9. The molecule has 1 aliphatic heterocycles. The Hall–Kier alpha value is -3.04. The normalized spacial score (nSPS) is 14.0. The molecule has 10 nitrogen and oxygen atoms in total. The number of methoxy groups -OCH3 is 2. The van der Waals surface area contributed by atoms with Crippen LogP contribution in [0.3, 0.4) is 0 Å². The summed E-state index contributed by atoms with van der Waals surface area (Å²) in [5.74, 6) is -0.101. The predicted octanol–water partition coefficient (Wildman–Crippen LogP) is 1.53. The van der Waals surface area contributed by atoms with Crippen LogP contribution in [0.4, 0.5) is 10.5 Å². The lowest BCUT2D eigenvalue weighted by molar-refractivity contribution is -0.385. The van der Waals surface area contributed by atoms with E-state index in [4.69, 9.17) is 14.2 Å². The molecule has 0 unspecified atom stereocenters. The van der Waals surface area contributed by atoms with Crippen molar-refractivity contribution in [3.8, 4) is 11.5 Å². The monoisotopic (exact) mass is 367 g/mol. The van der Waals surface area contributed by atoms with E-state index >= 15 is 0 Å². The van der Waals surface area contributed by atoms with Crippen LogP contribution in [0.2, 0.25) is 0 Å². The second-order valence-corrected chi connectivity index (χ2v) is 5.46. The average Bonchev–Trinajstić information content (AvgIpc) is 2.66. The SMILES string of the molecule is CCOC(=O)N1CCN(C(=O)c2cc(OC)c(OC)cc2[N+](=O)[O-])CC1. The van der Waals surface area contributed by atoms with Gasteiger partial charge in [-0.15, -0.1) is 0 Å². The van der Waals surface area contributed by atoms with E-state index in [1.54, 1.807) is 6.92 Å². The van der Waals surface area contributed by atoms with E-state index in [-0.39, 0.29) is 42.4 Å². The summed E-state index contributed by atoms with van der Waals surface area (Å²) >= 11 is 0. The molecule has 26 heavy (non-hydrogen) atoms. The Bertz CT molecular complexity index is 699. The maximum absolute atomic E-state index is 12.8. The first-order chi connectivity index (χ1) is 12.4. The highest BCUT2D eigenvalue weighted by molar-refractivity contribution is 5.99. The Kier molecular flexibility index (Phi) is 6.21. The maximum Gasteiger partial charge on any atom is 0.409 e. The lowest BCUT2D eigenvalue weighted by Gasteiger charge is -2.34. The fourth-order valence-electron chi connectivity index (χ4n) is 2.67. The van der Waals surface area contributed by atoms with Gasteiger partial charge in [-0.25, -0.2) is 4.79 Å². The maximum atomic E-state index is 12.8. The van der Waals surface area contributed by atoms with E-state index < -0.39 is 16.9 Å². The molecule has 0 atom stereocenters. The van der Waals surface area contributed by atoms with Gasteiger partial charge in [0, 0.05) is 32.2 Å². The number of carbonyl (C=O) groups excluding carboxylic acids is 2. The van der Waals surface area contributed by atoms with Crippen LogP contribution in [-0.2, 0) is 4.74 Å². The number of hydrogen-bond acceptors (Lipinski definition) is 7. The second-order valence-electron chi connectivity index (χ2n) is 5.46. The third kappa shape index (κ3) is 3.95. The van der Waals surface area contributed by atoms with E-state index in [1.807, 2.05) is 0 Å². The molecule has 2 amide bonds. The van der Waals surface area contributed by atoms with Gasteiger partial charge in [0.2, 0.25) is 0 Å². The number of nitrogens with zero attached hydrogens (tertiary/aromatic N) is 3. The van der Waals surface area contributed by atoms with Crippen molar-refractivity contribution in [2.45, 2.75) is 6.92 Å². The van der Waals surface area contributed by atoms with Gasteiger partial charge < -0.3 is 24.0 Å². The van der Waals surface area contributed by atoms with Crippen molar-refractivity contribution < 1.29 is 28.7 Å². The van der Waals surface area contributed by atoms with Gasteiger partial charge in [0.05, 0.1) is 31.8 Å². The summed E-state index contributed by atoms with van der Waals surface area (Å²) in [6.07, 6.45) is -0.434. The molecule has 0 radical (unpaired) electrons. The molecule has 0 N–H and O–H groups in total. The van der Waals surface area contributed by atoms with Crippen LogP contribution >= 0.6 is 0 Å². The number of benzene rings is 1. The van der Waals surface area contributed by atoms with Crippen LogP contribution in [0, 0.1) is 10.1 Å². The lowest BCUT2D eigenvalue weighted by Crippen LogP contribution is -2.50. The number of hydrogen-bond donors (Lipinski definition) is 0. The molecular formula is C16H21N3O7. The first-order valence-corrected chi connectivity index (χ1v) is 8.04. The largest absolute Gasteiger partial charge is 0.493 e. The zero-order chi connectivity index (χ0) is 19.3. The van der Waals surface area contributed by atoms with Crippen LogP contribution in [0.5, 0.6) is 11.5 Å². The first-order valence-electron chi connectivity index (χ1n) is 8.04. The fraction of sp³-hybridized carbons (Fsp3) is 0.500. The van der Waals surface area contributed by atoms with E-state index in [0.717, 1.165) is 0 Å². The molecule has 1 aliphatic rings. The van der Waals surface area contributed by atoms with E-state index in [0.29, 0.717) is 13.1 Å². The van der Waals surface area contributed by atoms with Crippen molar-refractivity contribution in [2.75, 3.05) is 47.0 Å². The van der Waals surface area contributed by atoms with Crippen LogP contribution in [0.15, 0.2) is 12.1 Å². The van der Waals surface area contributed by atoms with Gasteiger partial charge >= 0.3 is 6.09 Å². The van der Waals surface area contributed by atoms with Crippen LogP contribution in [0.1, 0.15) is 17.3 Å². The van der Waals surface area contributed by atoms with E-state index in [1.165, 1.54) is 36.2 Å². The molecule has 1 saturated heterocycles. The zero-order valence-corrected chi connectivity index (χ0v) is 14.9. The summed E-state index contributed by atoms with van der Waals surface area (Å²) in [6, 6.07) is 2.47. The Morgan fingerprint density at radius 3 is 2.12 bits per heavy atom. The van der Waals surface area contributed by atoms with Gasteiger partial charge in [0.25, 0.3) is 11.6 Å². The molecular weight excluding hydrogens is 346 g/mol. The number of ether oxygens (including phenoxy) is 3. The highest BCUT2D eigenvalue weighted by atomic mass is 16.6. The summed E-state index contributed by atoms with van der Waals surface area (Å²) in [4.78, 5) is 38.2. The topological polar surface area (TPSA) is 111 Å². The Morgan fingerprint density at radius 1 is 1.08 bits per heavy atom. The van der Waals surface area contributed by atoms with Gasteiger partial charge in [0.1, 0.15) is 5.56 Å². The van der Waals surface area contributed by atoms with Crippen molar-refractivity contribution in [3.05, 3.63) is 27.8 Å². The quantitative estimate of drug-likeness (QED) is 0.573. The first kappa shape index (κ1) is 19.3. The fourth-order valence-corrected chi connectivity index (χ4v) is 2.67. The minimum atomic E-state index is -0.635. The summed E-state index contributed by atoms with van der Waals surface area (Å²) in [5.41, 5.74) is -0.447. The third-order valence-electron chi connectivity index (χ3n) is 4.02. The summed E-state index contributed by atoms with van der Waals surface area (Å²) in [6.45, 7) is 3.09. The summed E-state index contributed by atoms with van der Waals surface area (Å²) < 4.78 is 15.1. The van der Waals surface area contributed by atoms with Crippen LogP contribution in [-0.4, -0.2) is 73.7 Å². The standard InChI is InChI=1S/C16H21N3O7/c1-4-26-16(21)18-7-5-17(6-8-18)15(20)11-9-13(24-2)14(25-3)10-12(11)19(22)23/h9-10H,4-8H2,1-3H3. The van der Waals surface area contributed by atoms with Gasteiger partial charge in [0.15, 0.2) is 11.5 Å². The molecule has 0 aromatic heterocycles. The Balaban J connectivity index is 2.22. The van der Waals surface area contributed by atoms with Gasteiger partial charge in [-0.2, -0.15) is 0 Å². The minimum Gasteiger partial charge on any atom is -0.493 e. The molecule has 142 valence electrons.